The van der Waals surface area contributed by atoms with E-state index in [1.807, 2.05) is 165 Å². The molecule has 0 atom stereocenters. The largest absolute Gasteiger partial charge is 3.00 e. The quantitative estimate of drug-likeness (QED) is 0.157. The molecule has 252 valence electrons. The molecule has 0 aliphatic heterocycles. The molecular formula is C45H33IrN6. The standard InChI is InChI=1S/3C15H11N2.Ir/c3*1-3-7-13(8-4-1)15-16-11-12-17(15)14-9-5-2-6-10-14;/h3*1-7,9-12H;/q3*-1;+3. The summed E-state index contributed by atoms with van der Waals surface area (Å²) >= 11 is 0. The molecule has 0 saturated heterocycles. The van der Waals surface area contributed by atoms with Crippen LogP contribution in [0.3, 0.4) is 0 Å². The Kier molecular flexibility index (Phi) is 12.3. The van der Waals surface area contributed by atoms with Gasteiger partial charge in [-0.3, -0.25) is 15.0 Å². The van der Waals surface area contributed by atoms with Gasteiger partial charge in [0.15, 0.2) is 0 Å². The molecule has 7 heteroatoms. The first-order valence-electron chi connectivity index (χ1n) is 16.5. The minimum atomic E-state index is 0. The molecule has 0 amide bonds. The monoisotopic (exact) mass is 850 g/mol. The number of imidazole rings is 3. The molecule has 0 aliphatic rings. The van der Waals surface area contributed by atoms with E-state index in [0.29, 0.717) is 0 Å². The predicted octanol–water partition coefficient (Wildman–Crippen LogP) is 10.0. The summed E-state index contributed by atoms with van der Waals surface area (Å²) in [7, 11) is 0. The van der Waals surface area contributed by atoms with E-state index in [2.05, 4.69) is 83.3 Å². The van der Waals surface area contributed by atoms with Gasteiger partial charge in [-0.1, -0.05) is 54.6 Å². The minimum absolute atomic E-state index is 0. The average molecular weight is 850 g/mol. The van der Waals surface area contributed by atoms with E-state index in [0.717, 1.165) is 51.2 Å². The molecule has 0 bridgehead atoms. The minimum Gasteiger partial charge on any atom is -0.340 e. The van der Waals surface area contributed by atoms with Crippen LogP contribution in [-0.4, -0.2) is 28.7 Å². The number of nitrogens with zero attached hydrogens (tertiary/aromatic N) is 6. The molecule has 6 nitrogen and oxygen atoms in total. The molecule has 9 rings (SSSR count). The third-order valence-corrected chi connectivity index (χ3v) is 7.88. The summed E-state index contributed by atoms with van der Waals surface area (Å²) in [6.45, 7) is 0. The molecule has 52 heavy (non-hydrogen) atoms. The second-order valence-corrected chi connectivity index (χ2v) is 11.2. The number of aromatic nitrogens is 6. The van der Waals surface area contributed by atoms with Crippen LogP contribution in [0.1, 0.15) is 0 Å². The van der Waals surface area contributed by atoms with Crippen LogP contribution in [0.5, 0.6) is 0 Å². The van der Waals surface area contributed by atoms with Crippen molar-refractivity contribution in [2.45, 2.75) is 0 Å². The summed E-state index contributed by atoms with van der Waals surface area (Å²) in [5, 5.41) is 0. The van der Waals surface area contributed by atoms with E-state index in [1.165, 1.54) is 0 Å². The van der Waals surface area contributed by atoms with Gasteiger partial charge < -0.3 is 13.7 Å². The Labute approximate surface area is 317 Å². The summed E-state index contributed by atoms with van der Waals surface area (Å²) in [5.41, 5.74) is 6.33. The van der Waals surface area contributed by atoms with E-state index in [4.69, 9.17) is 0 Å². The first-order valence-corrected chi connectivity index (χ1v) is 16.5. The van der Waals surface area contributed by atoms with Crippen molar-refractivity contribution in [2.75, 3.05) is 0 Å². The summed E-state index contributed by atoms with van der Waals surface area (Å²) in [6, 6.07) is 63.7. The van der Waals surface area contributed by atoms with Gasteiger partial charge in [0.25, 0.3) is 0 Å². The van der Waals surface area contributed by atoms with E-state index in [-0.39, 0.29) is 20.1 Å². The van der Waals surface area contributed by atoms with Gasteiger partial charge in [0.2, 0.25) is 0 Å². The second kappa shape index (κ2) is 18.0. The van der Waals surface area contributed by atoms with Crippen LogP contribution < -0.4 is 0 Å². The van der Waals surface area contributed by atoms with Gasteiger partial charge in [-0.25, -0.2) is 0 Å². The van der Waals surface area contributed by atoms with E-state index in [9.17, 15) is 0 Å². The Morgan fingerprint density at radius 2 is 0.596 bits per heavy atom. The van der Waals surface area contributed by atoms with Gasteiger partial charge in [0.1, 0.15) is 0 Å². The molecule has 0 spiro atoms. The maximum absolute atomic E-state index is 4.39. The molecule has 0 radical (unpaired) electrons. The maximum atomic E-state index is 4.39. The van der Waals surface area contributed by atoms with Crippen molar-refractivity contribution in [3.05, 3.63) is 219 Å². The van der Waals surface area contributed by atoms with Gasteiger partial charge in [-0.15, -0.1) is 108 Å². The van der Waals surface area contributed by atoms with Crippen LogP contribution in [-0.2, 0) is 20.1 Å². The second-order valence-electron chi connectivity index (χ2n) is 11.2. The fourth-order valence-electron chi connectivity index (χ4n) is 5.50. The topological polar surface area (TPSA) is 53.5 Å². The molecule has 3 heterocycles. The molecule has 0 aliphatic carbocycles. The SMILES string of the molecule is [Ir+3].[c-]1ccccc1-c1nccn1-c1ccccc1.[c-]1ccccc1-c1nccn1-c1ccccc1.[c-]1ccccc1-c1nccn1-c1ccccc1. The van der Waals surface area contributed by atoms with E-state index >= 15 is 0 Å². The molecule has 9 aromatic rings. The molecule has 0 N–H and O–H groups in total. The van der Waals surface area contributed by atoms with E-state index in [1.54, 1.807) is 0 Å². The molecule has 3 aromatic heterocycles. The Hall–Kier alpha value is -6.40. The molecule has 0 saturated carbocycles. The predicted molar refractivity (Wildman–Crippen MR) is 204 cm³/mol. The summed E-state index contributed by atoms with van der Waals surface area (Å²) in [6.07, 6.45) is 11.3. The number of hydrogen-bond donors (Lipinski definition) is 0. The van der Waals surface area contributed by atoms with Crippen LogP contribution in [0.2, 0.25) is 0 Å². The number of hydrogen-bond acceptors (Lipinski definition) is 3. The molecular weight excluding hydrogens is 817 g/mol. The Morgan fingerprint density at radius 3 is 0.846 bits per heavy atom. The maximum Gasteiger partial charge on any atom is 3.00 e. The van der Waals surface area contributed by atoms with Gasteiger partial charge in [0.05, 0.1) is 17.5 Å². The van der Waals surface area contributed by atoms with Crippen LogP contribution in [0, 0.1) is 18.2 Å². The van der Waals surface area contributed by atoms with Gasteiger partial charge in [-0.2, -0.15) is 0 Å². The first-order chi connectivity index (χ1) is 25.3. The fraction of sp³-hybridized carbons (Fsp3) is 0. The third kappa shape index (κ3) is 8.66. The summed E-state index contributed by atoms with van der Waals surface area (Å²) in [5.74, 6) is 2.74. The zero-order valence-electron chi connectivity index (χ0n) is 28.1. The smallest absolute Gasteiger partial charge is 0.340 e. The van der Waals surface area contributed by atoms with Crippen molar-refractivity contribution in [1.82, 2.24) is 28.7 Å². The van der Waals surface area contributed by atoms with Crippen molar-refractivity contribution in [2.24, 2.45) is 0 Å². The average Bonchev–Trinajstić information content (AvgIpc) is 4.03. The zero-order chi connectivity index (χ0) is 34.5. The zero-order valence-corrected chi connectivity index (χ0v) is 30.5. The van der Waals surface area contributed by atoms with Gasteiger partial charge in [-0.05, 0) is 36.4 Å². The third-order valence-electron chi connectivity index (χ3n) is 7.88. The van der Waals surface area contributed by atoms with Crippen LogP contribution in [0.15, 0.2) is 201 Å². The van der Waals surface area contributed by atoms with Crippen LogP contribution in [0.4, 0.5) is 0 Å². The normalized spacial score (nSPS) is 10.2. The van der Waals surface area contributed by atoms with Crippen LogP contribution >= 0.6 is 0 Å². The van der Waals surface area contributed by atoms with Crippen molar-refractivity contribution < 1.29 is 20.1 Å². The molecule has 6 aromatic carbocycles. The summed E-state index contributed by atoms with van der Waals surface area (Å²) < 4.78 is 6.18. The number of benzene rings is 6. The molecule has 0 unspecified atom stereocenters. The first kappa shape index (κ1) is 35.4. The molecule has 0 fully saturated rings. The van der Waals surface area contributed by atoms with Crippen molar-refractivity contribution in [3.8, 4) is 51.2 Å². The fourth-order valence-corrected chi connectivity index (χ4v) is 5.50. The number of rotatable bonds is 6. The van der Waals surface area contributed by atoms with Crippen LogP contribution in [0.25, 0.3) is 51.2 Å². The van der Waals surface area contributed by atoms with Crippen molar-refractivity contribution in [3.63, 3.8) is 0 Å². The van der Waals surface area contributed by atoms with Gasteiger partial charge in [0, 0.05) is 54.2 Å². The number of para-hydroxylation sites is 3. The Balaban J connectivity index is 0.000000133. The Morgan fingerprint density at radius 1 is 0.327 bits per heavy atom. The summed E-state index contributed by atoms with van der Waals surface area (Å²) in [4.78, 5) is 13.2. The van der Waals surface area contributed by atoms with E-state index < -0.39 is 0 Å². The van der Waals surface area contributed by atoms with Crippen molar-refractivity contribution in [1.29, 1.82) is 0 Å². The van der Waals surface area contributed by atoms with Gasteiger partial charge >= 0.3 is 20.1 Å². The van der Waals surface area contributed by atoms with Crippen molar-refractivity contribution >= 4 is 0 Å². The Bertz CT molecular complexity index is 1910.